The average Bonchev–Trinajstić information content (AvgIpc) is 2.46. The van der Waals surface area contributed by atoms with Crippen LogP contribution < -0.4 is 5.32 Å². The van der Waals surface area contributed by atoms with E-state index in [9.17, 15) is 4.79 Å². The number of anilines is 1. The Labute approximate surface area is 119 Å². The first-order chi connectivity index (χ1) is 9.22. The first-order valence-corrected chi connectivity index (χ1v) is 8.09. The van der Waals surface area contributed by atoms with Gasteiger partial charge in [0.1, 0.15) is 0 Å². The molecule has 1 aromatic rings. The maximum Gasteiger partial charge on any atom is 0.253 e. The van der Waals surface area contributed by atoms with Crippen molar-refractivity contribution in [3.8, 4) is 0 Å². The number of nitrogens with one attached hydrogen (secondary N) is 1. The lowest BCUT2D eigenvalue weighted by Crippen LogP contribution is -2.37. The Balaban J connectivity index is 2.07. The van der Waals surface area contributed by atoms with E-state index in [0.717, 1.165) is 54.4 Å². The molecule has 0 radical (unpaired) electrons. The second kappa shape index (κ2) is 6.85. The lowest BCUT2D eigenvalue weighted by atomic mass is 10.1. The van der Waals surface area contributed by atoms with Gasteiger partial charge in [-0.1, -0.05) is 6.92 Å². The molecule has 1 amide bonds. The number of thioether (sulfide) groups is 1. The molecule has 1 aromatic carbocycles. The molecule has 1 N–H and O–H groups in total. The van der Waals surface area contributed by atoms with Gasteiger partial charge in [0.2, 0.25) is 0 Å². The Kier molecular flexibility index (Phi) is 5.14. The number of carbonyl (C=O) groups is 1. The van der Waals surface area contributed by atoms with Gasteiger partial charge in [0, 0.05) is 42.4 Å². The summed E-state index contributed by atoms with van der Waals surface area (Å²) in [5.74, 6) is 2.28. The van der Waals surface area contributed by atoms with Crippen molar-refractivity contribution >= 4 is 23.4 Å². The Morgan fingerprint density at radius 2 is 2.11 bits per heavy atom. The highest BCUT2D eigenvalue weighted by atomic mass is 32.2. The molecule has 0 saturated carbocycles. The Morgan fingerprint density at radius 3 is 2.74 bits per heavy atom. The van der Waals surface area contributed by atoms with Gasteiger partial charge < -0.3 is 10.2 Å². The smallest absolute Gasteiger partial charge is 0.253 e. The fourth-order valence-corrected chi connectivity index (χ4v) is 3.11. The van der Waals surface area contributed by atoms with Crippen molar-refractivity contribution < 1.29 is 4.79 Å². The Hall–Kier alpha value is -1.16. The molecule has 1 aliphatic heterocycles. The molecular formula is C15H22N2OS. The minimum absolute atomic E-state index is 0.172. The van der Waals surface area contributed by atoms with E-state index in [-0.39, 0.29) is 5.91 Å². The van der Waals surface area contributed by atoms with E-state index in [1.807, 2.05) is 34.9 Å². The maximum atomic E-state index is 12.4. The van der Waals surface area contributed by atoms with Crippen molar-refractivity contribution in [2.24, 2.45) is 0 Å². The van der Waals surface area contributed by atoms with Gasteiger partial charge in [0.15, 0.2) is 0 Å². The number of carbonyl (C=O) groups excluding carboxylic acids is 1. The molecule has 19 heavy (non-hydrogen) atoms. The molecule has 1 saturated heterocycles. The highest BCUT2D eigenvalue weighted by molar-refractivity contribution is 7.99. The molecule has 0 atom stereocenters. The van der Waals surface area contributed by atoms with E-state index in [2.05, 4.69) is 19.2 Å². The summed E-state index contributed by atoms with van der Waals surface area (Å²) < 4.78 is 0. The SMILES string of the molecule is CCCNc1ccc(C(=O)N2CCSCC2)cc1C. The van der Waals surface area contributed by atoms with Crippen molar-refractivity contribution in [2.75, 3.05) is 36.5 Å². The van der Waals surface area contributed by atoms with Crippen LogP contribution in [0.2, 0.25) is 0 Å². The third kappa shape index (κ3) is 3.66. The zero-order valence-electron chi connectivity index (χ0n) is 11.7. The average molecular weight is 278 g/mol. The van der Waals surface area contributed by atoms with Crippen LogP contribution in [0.3, 0.4) is 0 Å². The lowest BCUT2D eigenvalue weighted by Gasteiger charge is -2.26. The summed E-state index contributed by atoms with van der Waals surface area (Å²) in [7, 11) is 0. The van der Waals surface area contributed by atoms with Crippen molar-refractivity contribution in [1.82, 2.24) is 4.90 Å². The first-order valence-electron chi connectivity index (χ1n) is 6.94. The minimum Gasteiger partial charge on any atom is -0.385 e. The van der Waals surface area contributed by atoms with Crippen LogP contribution >= 0.6 is 11.8 Å². The normalized spacial score (nSPS) is 15.4. The van der Waals surface area contributed by atoms with Crippen LogP contribution in [0, 0.1) is 6.92 Å². The largest absolute Gasteiger partial charge is 0.385 e. The highest BCUT2D eigenvalue weighted by Gasteiger charge is 2.18. The molecule has 104 valence electrons. The molecule has 4 heteroatoms. The molecule has 2 rings (SSSR count). The monoisotopic (exact) mass is 278 g/mol. The lowest BCUT2D eigenvalue weighted by molar-refractivity contribution is 0.0772. The van der Waals surface area contributed by atoms with Crippen LogP contribution in [-0.4, -0.2) is 41.9 Å². The summed E-state index contributed by atoms with van der Waals surface area (Å²) in [5.41, 5.74) is 3.09. The predicted octanol–water partition coefficient (Wildman–Crippen LogP) is 3.01. The van der Waals surface area contributed by atoms with Gasteiger partial charge in [-0.15, -0.1) is 0 Å². The van der Waals surface area contributed by atoms with Crippen LogP contribution in [0.4, 0.5) is 5.69 Å². The summed E-state index contributed by atoms with van der Waals surface area (Å²) in [4.78, 5) is 14.3. The second-order valence-corrected chi connectivity index (χ2v) is 6.09. The Bertz CT molecular complexity index is 442. The Morgan fingerprint density at radius 1 is 1.37 bits per heavy atom. The topological polar surface area (TPSA) is 32.3 Å². The maximum absolute atomic E-state index is 12.4. The summed E-state index contributed by atoms with van der Waals surface area (Å²) in [6.07, 6.45) is 1.10. The third-order valence-corrected chi connectivity index (χ3v) is 4.28. The number of aryl methyl sites for hydroxylation is 1. The third-order valence-electron chi connectivity index (χ3n) is 3.34. The second-order valence-electron chi connectivity index (χ2n) is 4.86. The van der Waals surface area contributed by atoms with Gasteiger partial charge in [-0.25, -0.2) is 0 Å². The summed E-state index contributed by atoms with van der Waals surface area (Å²) in [5, 5.41) is 3.38. The van der Waals surface area contributed by atoms with Crippen LogP contribution in [-0.2, 0) is 0 Å². The van der Waals surface area contributed by atoms with Gasteiger partial charge in [0.05, 0.1) is 0 Å². The number of nitrogens with zero attached hydrogens (tertiary/aromatic N) is 1. The molecular weight excluding hydrogens is 256 g/mol. The van der Waals surface area contributed by atoms with E-state index in [0.29, 0.717) is 0 Å². The highest BCUT2D eigenvalue weighted by Crippen LogP contribution is 2.19. The number of amides is 1. The summed E-state index contributed by atoms with van der Waals surface area (Å²) in [6, 6.07) is 5.97. The van der Waals surface area contributed by atoms with E-state index in [1.165, 1.54) is 0 Å². The number of hydrogen-bond acceptors (Lipinski definition) is 3. The van der Waals surface area contributed by atoms with Crippen LogP contribution in [0.1, 0.15) is 29.3 Å². The van der Waals surface area contributed by atoms with E-state index >= 15 is 0 Å². The minimum atomic E-state index is 0.172. The molecule has 0 bridgehead atoms. The molecule has 0 aliphatic carbocycles. The van der Waals surface area contributed by atoms with Crippen molar-refractivity contribution in [3.05, 3.63) is 29.3 Å². The molecule has 0 unspecified atom stereocenters. The fraction of sp³-hybridized carbons (Fsp3) is 0.533. The summed E-state index contributed by atoms with van der Waals surface area (Å²) >= 11 is 1.92. The molecule has 1 heterocycles. The van der Waals surface area contributed by atoms with Crippen molar-refractivity contribution in [1.29, 1.82) is 0 Å². The molecule has 0 aromatic heterocycles. The number of hydrogen-bond donors (Lipinski definition) is 1. The molecule has 1 aliphatic rings. The van der Waals surface area contributed by atoms with E-state index in [4.69, 9.17) is 0 Å². The predicted molar refractivity (Wildman–Crippen MR) is 83.2 cm³/mol. The molecule has 1 fully saturated rings. The zero-order chi connectivity index (χ0) is 13.7. The van der Waals surface area contributed by atoms with Gasteiger partial charge >= 0.3 is 0 Å². The van der Waals surface area contributed by atoms with Gasteiger partial charge in [0.25, 0.3) is 5.91 Å². The van der Waals surface area contributed by atoms with Gasteiger partial charge in [-0.05, 0) is 37.1 Å². The van der Waals surface area contributed by atoms with Gasteiger partial charge in [-0.3, -0.25) is 4.79 Å². The zero-order valence-corrected chi connectivity index (χ0v) is 12.6. The first kappa shape index (κ1) is 14.3. The number of rotatable bonds is 4. The summed E-state index contributed by atoms with van der Waals surface area (Å²) in [6.45, 7) is 6.92. The van der Waals surface area contributed by atoms with E-state index in [1.54, 1.807) is 0 Å². The molecule has 0 spiro atoms. The quantitative estimate of drug-likeness (QED) is 0.919. The van der Waals surface area contributed by atoms with Gasteiger partial charge in [-0.2, -0.15) is 11.8 Å². The van der Waals surface area contributed by atoms with E-state index < -0.39 is 0 Å². The van der Waals surface area contributed by atoms with Crippen molar-refractivity contribution in [2.45, 2.75) is 20.3 Å². The van der Waals surface area contributed by atoms with Crippen molar-refractivity contribution in [3.63, 3.8) is 0 Å². The van der Waals surface area contributed by atoms with Crippen LogP contribution in [0.25, 0.3) is 0 Å². The molecule has 3 nitrogen and oxygen atoms in total. The van der Waals surface area contributed by atoms with Crippen LogP contribution in [0.5, 0.6) is 0 Å². The fourth-order valence-electron chi connectivity index (χ4n) is 2.20. The standard InChI is InChI=1S/C15H22N2OS/c1-3-6-16-14-5-4-13(11-12(14)2)15(18)17-7-9-19-10-8-17/h4-5,11,16H,3,6-10H2,1-2H3. The van der Waals surface area contributed by atoms with Crippen LogP contribution in [0.15, 0.2) is 18.2 Å². The number of benzene rings is 1.